The highest BCUT2D eigenvalue weighted by Crippen LogP contribution is 2.12. The highest BCUT2D eigenvalue weighted by atomic mass is 16.5. The molecule has 0 aliphatic rings. The molecule has 0 saturated carbocycles. The van der Waals surface area contributed by atoms with Crippen LogP contribution in [-0.2, 0) is 4.74 Å². The third kappa shape index (κ3) is 1.74. The molecular formula is C11H10N2O2. The fourth-order valence-electron chi connectivity index (χ4n) is 1.38. The van der Waals surface area contributed by atoms with Crippen molar-refractivity contribution in [1.82, 2.24) is 9.55 Å². The summed E-state index contributed by atoms with van der Waals surface area (Å²) in [5, 5.41) is 0. The second-order valence-corrected chi connectivity index (χ2v) is 2.96. The van der Waals surface area contributed by atoms with E-state index in [9.17, 15) is 4.79 Å². The Morgan fingerprint density at radius 2 is 2.07 bits per heavy atom. The van der Waals surface area contributed by atoms with Gasteiger partial charge in [0.25, 0.3) is 0 Å². The predicted octanol–water partition coefficient (Wildman–Crippen LogP) is 1.66. The molecule has 0 aliphatic heterocycles. The van der Waals surface area contributed by atoms with Gasteiger partial charge in [0, 0.05) is 24.3 Å². The van der Waals surface area contributed by atoms with Crippen LogP contribution in [0.3, 0.4) is 0 Å². The summed E-state index contributed by atoms with van der Waals surface area (Å²) in [6, 6.07) is 7.16. The Bertz CT molecular complexity index is 462. The summed E-state index contributed by atoms with van der Waals surface area (Å²) in [4.78, 5) is 15.3. The number of methoxy groups -OCH3 is 1. The smallest absolute Gasteiger partial charge is 0.355 e. The molecule has 2 heterocycles. The summed E-state index contributed by atoms with van der Waals surface area (Å²) in [5.74, 6) is -0.350. The number of pyridine rings is 1. The maximum Gasteiger partial charge on any atom is 0.355 e. The average Bonchev–Trinajstić information content (AvgIpc) is 2.78. The van der Waals surface area contributed by atoms with Gasteiger partial charge in [0.15, 0.2) is 0 Å². The van der Waals surface area contributed by atoms with Crippen LogP contribution in [0.4, 0.5) is 0 Å². The first-order valence-electron chi connectivity index (χ1n) is 4.49. The van der Waals surface area contributed by atoms with E-state index in [-0.39, 0.29) is 5.97 Å². The van der Waals surface area contributed by atoms with Gasteiger partial charge in [-0.05, 0) is 24.3 Å². The minimum atomic E-state index is -0.350. The molecule has 0 fully saturated rings. The molecule has 76 valence electrons. The van der Waals surface area contributed by atoms with Gasteiger partial charge in [-0.15, -0.1) is 0 Å². The first-order chi connectivity index (χ1) is 7.33. The number of carbonyl (C=O) groups excluding carboxylic acids is 1. The van der Waals surface area contributed by atoms with E-state index in [1.54, 1.807) is 29.1 Å². The van der Waals surface area contributed by atoms with Crippen LogP contribution < -0.4 is 0 Å². The normalized spacial score (nSPS) is 9.93. The molecule has 0 N–H and O–H groups in total. The number of ether oxygens (including phenoxy) is 1. The van der Waals surface area contributed by atoms with Crippen LogP contribution in [-0.4, -0.2) is 22.6 Å². The van der Waals surface area contributed by atoms with Crippen LogP contribution >= 0.6 is 0 Å². The minimum absolute atomic E-state index is 0.350. The molecule has 0 atom stereocenters. The van der Waals surface area contributed by atoms with Crippen LogP contribution in [0.5, 0.6) is 0 Å². The fourth-order valence-corrected chi connectivity index (χ4v) is 1.38. The molecule has 15 heavy (non-hydrogen) atoms. The van der Waals surface area contributed by atoms with Crippen LogP contribution in [0.25, 0.3) is 5.69 Å². The molecule has 2 aromatic heterocycles. The Hall–Kier alpha value is -2.10. The third-order valence-electron chi connectivity index (χ3n) is 2.08. The molecular weight excluding hydrogens is 192 g/mol. The van der Waals surface area contributed by atoms with Gasteiger partial charge < -0.3 is 9.30 Å². The molecule has 0 radical (unpaired) electrons. The van der Waals surface area contributed by atoms with Crippen LogP contribution in [0.2, 0.25) is 0 Å². The van der Waals surface area contributed by atoms with Crippen LogP contribution in [0.1, 0.15) is 10.5 Å². The lowest BCUT2D eigenvalue weighted by atomic mass is 10.3. The van der Waals surface area contributed by atoms with Crippen LogP contribution in [0, 0.1) is 0 Å². The number of hydrogen-bond donors (Lipinski definition) is 0. The summed E-state index contributed by atoms with van der Waals surface area (Å²) in [5.41, 5.74) is 1.39. The van der Waals surface area contributed by atoms with Gasteiger partial charge in [0.2, 0.25) is 0 Å². The van der Waals surface area contributed by atoms with Crippen LogP contribution in [0.15, 0.2) is 42.9 Å². The summed E-state index contributed by atoms with van der Waals surface area (Å²) in [6.07, 6.45) is 5.16. The number of nitrogens with zero attached hydrogens (tertiary/aromatic N) is 2. The summed E-state index contributed by atoms with van der Waals surface area (Å²) >= 11 is 0. The van der Waals surface area contributed by atoms with Gasteiger partial charge in [-0.2, -0.15) is 0 Å². The predicted molar refractivity (Wildman–Crippen MR) is 54.9 cm³/mol. The van der Waals surface area contributed by atoms with Gasteiger partial charge in [-0.1, -0.05) is 0 Å². The van der Waals surface area contributed by atoms with E-state index >= 15 is 0 Å². The Balaban J connectivity index is 2.46. The van der Waals surface area contributed by atoms with Gasteiger partial charge >= 0.3 is 5.97 Å². The Morgan fingerprint density at radius 1 is 1.33 bits per heavy atom. The molecule has 2 rings (SSSR count). The second kappa shape index (κ2) is 3.96. The maximum atomic E-state index is 11.4. The van der Waals surface area contributed by atoms with Gasteiger partial charge in [0.05, 0.1) is 7.11 Å². The quantitative estimate of drug-likeness (QED) is 0.695. The van der Waals surface area contributed by atoms with Crippen molar-refractivity contribution in [2.45, 2.75) is 0 Å². The number of carbonyl (C=O) groups is 1. The van der Waals surface area contributed by atoms with E-state index in [0.717, 1.165) is 5.69 Å². The average molecular weight is 202 g/mol. The number of hydrogen-bond acceptors (Lipinski definition) is 3. The highest BCUT2D eigenvalue weighted by molar-refractivity contribution is 5.88. The molecule has 0 aliphatic carbocycles. The number of rotatable bonds is 2. The van der Waals surface area contributed by atoms with Gasteiger partial charge in [0.1, 0.15) is 5.69 Å². The van der Waals surface area contributed by atoms with Crippen molar-refractivity contribution in [2.24, 2.45) is 0 Å². The monoisotopic (exact) mass is 202 g/mol. The third-order valence-corrected chi connectivity index (χ3v) is 2.08. The second-order valence-electron chi connectivity index (χ2n) is 2.96. The molecule has 0 bridgehead atoms. The first-order valence-corrected chi connectivity index (χ1v) is 4.49. The zero-order valence-electron chi connectivity index (χ0n) is 8.25. The summed E-state index contributed by atoms with van der Waals surface area (Å²) in [6.45, 7) is 0. The van der Waals surface area contributed by atoms with Crippen molar-refractivity contribution in [3.8, 4) is 5.69 Å². The lowest BCUT2D eigenvalue weighted by Gasteiger charge is -2.06. The molecule has 2 aromatic rings. The summed E-state index contributed by atoms with van der Waals surface area (Å²) < 4.78 is 6.44. The van der Waals surface area contributed by atoms with E-state index in [0.29, 0.717) is 5.69 Å². The van der Waals surface area contributed by atoms with Crippen molar-refractivity contribution in [2.75, 3.05) is 7.11 Å². The zero-order valence-corrected chi connectivity index (χ0v) is 8.25. The molecule has 0 aromatic carbocycles. The number of aromatic nitrogens is 2. The van der Waals surface area contributed by atoms with E-state index in [1.807, 2.05) is 18.3 Å². The minimum Gasteiger partial charge on any atom is -0.464 e. The van der Waals surface area contributed by atoms with E-state index in [4.69, 9.17) is 0 Å². The standard InChI is InChI=1S/C11H10N2O2/c1-15-11(14)10-3-2-8-13(10)9-4-6-12-7-5-9/h2-8H,1H3. The van der Waals surface area contributed by atoms with E-state index < -0.39 is 0 Å². The number of esters is 1. The highest BCUT2D eigenvalue weighted by Gasteiger charge is 2.11. The molecule has 4 heteroatoms. The lowest BCUT2D eigenvalue weighted by molar-refractivity contribution is 0.0591. The Labute approximate surface area is 87.1 Å². The zero-order chi connectivity index (χ0) is 10.7. The molecule has 4 nitrogen and oxygen atoms in total. The SMILES string of the molecule is COC(=O)c1cccn1-c1ccncc1. The fraction of sp³-hybridized carbons (Fsp3) is 0.0909. The van der Waals surface area contributed by atoms with Crippen molar-refractivity contribution in [1.29, 1.82) is 0 Å². The molecule has 0 unspecified atom stereocenters. The van der Waals surface area contributed by atoms with Gasteiger partial charge in [-0.25, -0.2) is 4.79 Å². The van der Waals surface area contributed by atoms with Crippen molar-refractivity contribution in [3.63, 3.8) is 0 Å². The first kappa shape index (κ1) is 9.45. The Morgan fingerprint density at radius 3 is 2.73 bits per heavy atom. The summed E-state index contributed by atoms with van der Waals surface area (Å²) in [7, 11) is 1.37. The van der Waals surface area contributed by atoms with E-state index in [2.05, 4.69) is 9.72 Å². The van der Waals surface area contributed by atoms with Crippen molar-refractivity contribution in [3.05, 3.63) is 48.5 Å². The van der Waals surface area contributed by atoms with Gasteiger partial charge in [-0.3, -0.25) is 4.98 Å². The lowest BCUT2D eigenvalue weighted by Crippen LogP contribution is -2.08. The largest absolute Gasteiger partial charge is 0.464 e. The topological polar surface area (TPSA) is 44.1 Å². The molecule has 0 amide bonds. The molecule has 0 saturated heterocycles. The van der Waals surface area contributed by atoms with Crippen molar-refractivity contribution >= 4 is 5.97 Å². The Kier molecular flexibility index (Phi) is 2.49. The van der Waals surface area contributed by atoms with Crippen molar-refractivity contribution < 1.29 is 9.53 Å². The molecule has 0 spiro atoms. The van der Waals surface area contributed by atoms with E-state index in [1.165, 1.54) is 7.11 Å². The maximum absolute atomic E-state index is 11.4.